The highest BCUT2D eigenvalue weighted by Gasteiger charge is 2.11. The van der Waals surface area contributed by atoms with Crippen LogP contribution in [0.5, 0.6) is 0 Å². The highest BCUT2D eigenvalue weighted by molar-refractivity contribution is 9.10. The third-order valence-corrected chi connectivity index (χ3v) is 3.90. The van der Waals surface area contributed by atoms with Gasteiger partial charge in [-0.1, -0.05) is 6.92 Å². The number of nitrogens with one attached hydrogen (secondary N) is 1. The second kappa shape index (κ2) is 5.87. The molecule has 0 saturated carbocycles. The van der Waals surface area contributed by atoms with Crippen LogP contribution in [0.15, 0.2) is 4.47 Å². The Morgan fingerprint density at radius 3 is 2.67 bits per heavy atom. The van der Waals surface area contributed by atoms with Crippen LogP contribution >= 0.6 is 27.5 Å². The molecule has 0 spiro atoms. The van der Waals surface area contributed by atoms with E-state index in [9.17, 15) is 0 Å². The maximum absolute atomic E-state index is 5.82. The van der Waals surface area contributed by atoms with Gasteiger partial charge in [0.2, 0.25) is 0 Å². The average molecular weight is 295 g/mol. The zero-order valence-corrected chi connectivity index (χ0v) is 11.7. The Kier molecular flexibility index (Phi) is 5.09. The number of halogens is 2. The summed E-state index contributed by atoms with van der Waals surface area (Å²) in [5.41, 5.74) is 2.18. The molecular weight excluding hydrogens is 277 g/mol. The van der Waals surface area contributed by atoms with Crippen molar-refractivity contribution < 1.29 is 0 Å². The molecule has 1 aromatic heterocycles. The maximum Gasteiger partial charge on any atom is 0.0739 e. The molecule has 0 radical (unpaired) electrons. The van der Waals surface area contributed by atoms with Gasteiger partial charge in [-0.2, -0.15) is 5.10 Å². The molecule has 1 N–H and O–H groups in total. The van der Waals surface area contributed by atoms with E-state index in [4.69, 9.17) is 11.6 Å². The average Bonchev–Trinajstić information content (AvgIpc) is 2.45. The zero-order valence-electron chi connectivity index (χ0n) is 9.35. The first kappa shape index (κ1) is 13.0. The van der Waals surface area contributed by atoms with E-state index in [1.807, 2.05) is 18.7 Å². The fourth-order valence-electron chi connectivity index (χ4n) is 1.42. The maximum atomic E-state index is 5.82. The molecule has 0 saturated heterocycles. The highest BCUT2D eigenvalue weighted by atomic mass is 79.9. The van der Waals surface area contributed by atoms with Gasteiger partial charge in [-0.05, 0) is 29.3 Å². The van der Waals surface area contributed by atoms with Gasteiger partial charge in [-0.25, -0.2) is 0 Å². The number of hydrogen-bond donors (Lipinski definition) is 1. The van der Waals surface area contributed by atoms with Crippen LogP contribution in [0.3, 0.4) is 0 Å². The van der Waals surface area contributed by atoms with Crippen LogP contribution in [-0.4, -0.2) is 21.7 Å². The number of nitrogens with zero attached hydrogens (tertiary/aromatic N) is 2. The lowest BCUT2D eigenvalue weighted by Crippen LogP contribution is -2.30. The van der Waals surface area contributed by atoms with Crippen molar-refractivity contribution >= 4 is 27.5 Å². The molecule has 0 bridgehead atoms. The Morgan fingerprint density at radius 2 is 2.27 bits per heavy atom. The van der Waals surface area contributed by atoms with Crippen molar-refractivity contribution in [3.05, 3.63) is 15.9 Å². The van der Waals surface area contributed by atoms with Crippen molar-refractivity contribution in [1.82, 2.24) is 15.1 Å². The molecule has 1 aromatic rings. The monoisotopic (exact) mass is 293 g/mol. The van der Waals surface area contributed by atoms with E-state index in [-0.39, 0.29) is 0 Å². The molecule has 0 amide bonds. The molecular formula is C10H17BrClN3. The van der Waals surface area contributed by atoms with Crippen molar-refractivity contribution in [1.29, 1.82) is 0 Å². The van der Waals surface area contributed by atoms with E-state index < -0.39 is 0 Å². The van der Waals surface area contributed by atoms with Gasteiger partial charge in [-0.15, -0.1) is 11.6 Å². The second-order valence-corrected chi connectivity index (χ2v) is 4.71. The van der Waals surface area contributed by atoms with Crippen molar-refractivity contribution in [3.63, 3.8) is 0 Å². The smallest absolute Gasteiger partial charge is 0.0739 e. The molecule has 86 valence electrons. The fourth-order valence-corrected chi connectivity index (χ4v) is 2.22. The van der Waals surface area contributed by atoms with E-state index in [0.717, 1.165) is 28.8 Å². The minimum absolute atomic E-state index is 0.369. The lowest BCUT2D eigenvalue weighted by molar-refractivity contribution is 0.519. The van der Waals surface area contributed by atoms with E-state index in [1.54, 1.807) is 0 Å². The molecule has 0 fully saturated rings. The number of aromatic nitrogens is 2. The Balaban J connectivity index is 2.64. The van der Waals surface area contributed by atoms with Crippen molar-refractivity contribution in [2.45, 2.75) is 32.9 Å². The summed E-state index contributed by atoms with van der Waals surface area (Å²) in [5, 5.41) is 7.74. The summed E-state index contributed by atoms with van der Waals surface area (Å²) >= 11 is 9.36. The van der Waals surface area contributed by atoms with Crippen molar-refractivity contribution in [2.24, 2.45) is 7.05 Å². The van der Waals surface area contributed by atoms with Gasteiger partial charge in [0.25, 0.3) is 0 Å². The van der Waals surface area contributed by atoms with Crippen LogP contribution in [0.4, 0.5) is 0 Å². The Labute approximate surface area is 104 Å². The molecule has 0 aliphatic carbocycles. The molecule has 0 aromatic carbocycles. The van der Waals surface area contributed by atoms with Crippen molar-refractivity contribution in [3.8, 4) is 0 Å². The standard InChI is InChI=1S/C10H17BrClN3/c1-4-8(5-12)13-6-9-10(11)7(2)14-15(9)3/h8,13H,4-6H2,1-3H3. The van der Waals surface area contributed by atoms with Crippen LogP contribution < -0.4 is 5.32 Å². The molecule has 1 atom stereocenters. The highest BCUT2D eigenvalue weighted by Crippen LogP contribution is 2.20. The lowest BCUT2D eigenvalue weighted by atomic mass is 10.2. The normalized spacial score (nSPS) is 13.1. The van der Waals surface area contributed by atoms with Gasteiger partial charge in [0.1, 0.15) is 0 Å². The summed E-state index contributed by atoms with van der Waals surface area (Å²) < 4.78 is 2.98. The predicted octanol–water partition coefficient (Wildman–Crippen LogP) is 2.60. The summed E-state index contributed by atoms with van der Waals surface area (Å²) in [7, 11) is 1.95. The second-order valence-electron chi connectivity index (χ2n) is 3.61. The summed E-state index contributed by atoms with van der Waals surface area (Å²) in [6, 6.07) is 0.369. The van der Waals surface area contributed by atoms with Crippen LogP contribution in [0.25, 0.3) is 0 Å². The third-order valence-electron chi connectivity index (χ3n) is 2.50. The van der Waals surface area contributed by atoms with Gasteiger partial charge < -0.3 is 5.32 Å². The minimum Gasteiger partial charge on any atom is -0.307 e. The van der Waals surface area contributed by atoms with Crippen LogP contribution in [-0.2, 0) is 13.6 Å². The number of rotatable bonds is 5. The molecule has 15 heavy (non-hydrogen) atoms. The summed E-state index contributed by atoms with van der Waals surface area (Å²) in [4.78, 5) is 0. The molecule has 1 rings (SSSR count). The van der Waals surface area contributed by atoms with Gasteiger partial charge >= 0.3 is 0 Å². The summed E-state index contributed by atoms with van der Waals surface area (Å²) in [5.74, 6) is 0.644. The van der Waals surface area contributed by atoms with Crippen LogP contribution in [0, 0.1) is 6.92 Å². The first-order chi connectivity index (χ1) is 7.10. The fraction of sp³-hybridized carbons (Fsp3) is 0.700. The van der Waals surface area contributed by atoms with Gasteiger partial charge in [0, 0.05) is 25.5 Å². The Hall–Kier alpha value is -0.0600. The molecule has 0 aliphatic rings. The first-order valence-corrected chi connectivity index (χ1v) is 6.40. The van der Waals surface area contributed by atoms with Gasteiger partial charge in [0.05, 0.1) is 15.9 Å². The molecule has 1 unspecified atom stereocenters. The van der Waals surface area contributed by atoms with Gasteiger partial charge in [0.15, 0.2) is 0 Å². The van der Waals surface area contributed by atoms with E-state index in [2.05, 4.69) is 33.3 Å². The minimum atomic E-state index is 0.369. The Morgan fingerprint density at radius 1 is 1.60 bits per heavy atom. The van der Waals surface area contributed by atoms with E-state index >= 15 is 0 Å². The van der Waals surface area contributed by atoms with E-state index in [1.165, 1.54) is 0 Å². The molecule has 0 aliphatic heterocycles. The topological polar surface area (TPSA) is 29.9 Å². The number of aryl methyl sites for hydroxylation is 2. The summed E-state index contributed by atoms with van der Waals surface area (Å²) in [6.45, 7) is 4.92. The van der Waals surface area contributed by atoms with Crippen molar-refractivity contribution in [2.75, 3.05) is 5.88 Å². The molecule has 5 heteroatoms. The molecule has 3 nitrogen and oxygen atoms in total. The van der Waals surface area contributed by atoms with Crippen LogP contribution in [0.1, 0.15) is 24.7 Å². The SMILES string of the molecule is CCC(CCl)NCc1c(Br)c(C)nn1C. The summed E-state index contributed by atoms with van der Waals surface area (Å²) in [6.07, 6.45) is 1.04. The third kappa shape index (κ3) is 3.20. The van der Waals surface area contributed by atoms with E-state index in [0.29, 0.717) is 11.9 Å². The predicted molar refractivity (Wildman–Crippen MR) is 67.3 cm³/mol. The first-order valence-electron chi connectivity index (χ1n) is 5.07. The Bertz CT molecular complexity index is 321. The van der Waals surface area contributed by atoms with Gasteiger partial charge in [-0.3, -0.25) is 4.68 Å². The molecule has 1 heterocycles. The quantitative estimate of drug-likeness (QED) is 0.846. The van der Waals surface area contributed by atoms with Crippen LogP contribution in [0.2, 0.25) is 0 Å². The largest absolute Gasteiger partial charge is 0.307 e. The number of alkyl halides is 1. The number of hydrogen-bond acceptors (Lipinski definition) is 2. The lowest BCUT2D eigenvalue weighted by Gasteiger charge is -2.13. The zero-order chi connectivity index (χ0) is 11.4.